The molecule has 3 rings (SSSR count). The highest BCUT2D eigenvalue weighted by Gasteiger charge is 2.28. The van der Waals surface area contributed by atoms with E-state index in [1.165, 1.54) is 35.2 Å². The average molecular weight is 212 g/mol. The van der Waals surface area contributed by atoms with Gasteiger partial charge in [-0.25, -0.2) is 0 Å². The van der Waals surface area contributed by atoms with Crippen LogP contribution in [-0.2, 0) is 0 Å². The van der Waals surface area contributed by atoms with Crippen LogP contribution in [0.25, 0.3) is 11.3 Å². The minimum absolute atomic E-state index is 0.741. The van der Waals surface area contributed by atoms with E-state index in [1.807, 2.05) is 0 Å². The molecule has 1 aliphatic rings. The van der Waals surface area contributed by atoms with E-state index in [-0.39, 0.29) is 0 Å². The predicted molar refractivity (Wildman–Crippen MR) is 65.5 cm³/mol. The summed E-state index contributed by atoms with van der Waals surface area (Å²) in [5.41, 5.74) is 6.35. The summed E-state index contributed by atoms with van der Waals surface area (Å²) in [5.74, 6) is 0.741. The highest BCUT2D eigenvalue weighted by atomic mass is 15.1. The second kappa shape index (κ2) is 3.48. The van der Waals surface area contributed by atoms with Gasteiger partial charge in [0.15, 0.2) is 0 Å². The maximum absolute atomic E-state index is 4.48. The summed E-state index contributed by atoms with van der Waals surface area (Å²) < 4.78 is 0. The molecule has 1 N–H and O–H groups in total. The normalized spacial score (nSPS) is 15.4. The molecule has 0 bridgehead atoms. The molecule has 1 heterocycles. The summed E-state index contributed by atoms with van der Waals surface area (Å²) in [6.45, 7) is 4.32. The number of aromatic nitrogens is 2. The topological polar surface area (TPSA) is 28.7 Å². The van der Waals surface area contributed by atoms with E-state index >= 15 is 0 Å². The Labute approximate surface area is 95.7 Å². The minimum Gasteiger partial charge on any atom is -0.281 e. The number of rotatable bonds is 2. The van der Waals surface area contributed by atoms with Crippen molar-refractivity contribution in [2.75, 3.05) is 0 Å². The number of nitrogens with zero attached hydrogens (tertiary/aromatic N) is 1. The zero-order chi connectivity index (χ0) is 11.1. The van der Waals surface area contributed by atoms with Crippen LogP contribution in [0.4, 0.5) is 0 Å². The Balaban J connectivity index is 2.10. The van der Waals surface area contributed by atoms with Gasteiger partial charge in [0.2, 0.25) is 0 Å². The van der Waals surface area contributed by atoms with Crippen molar-refractivity contribution in [1.29, 1.82) is 0 Å². The van der Waals surface area contributed by atoms with E-state index in [0.29, 0.717) is 0 Å². The van der Waals surface area contributed by atoms with Gasteiger partial charge in [-0.05, 0) is 37.8 Å². The Kier molecular flexibility index (Phi) is 2.10. The molecule has 0 radical (unpaired) electrons. The lowest BCUT2D eigenvalue weighted by Crippen LogP contribution is -1.86. The number of hydrogen-bond donors (Lipinski definition) is 1. The summed E-state index contributed by atoms with van der Waals surface area (Å²) in [7, 11) is 0. The van der Waals surface area contributed by atoms with Crippen LogP contribution < -0.4 is 0 Å². The average Bonchev–Trinajstić information content (AvgIpc) is 3.05. The third kappa shape index (κ3) is 1.45. The van der Waals surface area contributed by atoms with Gasteiger partial charge >= 0.3 is 0 Å². The maximum Gasteiger partial charge on any atom is 0.0955 e. The number of aryl methyl sites for hydroxylation is 1. The van der Waals surface area contributed by atoms with Crippen LogP contribution in [-0.4, -0.2) is 10.2 Å². The number of H-pyrrole nitrogens is 1. The smallest absolute Gasteiger partial charge is 0.0955 e. The first-order chi connectivity index (χ1) is 7.77. The molecule has 0 spiro atoms. The van der Waals surface area contributed by atoms with Gasteiger partial charge < -0.3 is 0 Å². The second-order valence-corrected chi connectivity index (χ2v) is 4.70. The van der Waals surface area contributed by atoms with E-state index in [4.69, 9.17) is 0 Å². The van der Waals surface area contributed by atoms with Crippen LogP contribution in [0.3, 0.4) is 0 Å². The van der Waals surface area contributed by atoms with Crippen molar-refractivity contribution in [2.24, 2.45) is 0 Å². The van der Waals surface area contributed by atoms with Gasteiger partial charge in [-0.15, -0.1) is 0 Å². The van der Waals surface area contributed by atoms with Crippen LogP contribution in [0, 0.1) is 13.8 Å². The third-order valence-corrected chi connectivity index (χ3v) is 3.43. The fourth-order valence-electron chi connectivity index (χ4n) is 2.28. The van der Waals surface area contributed by atoms with E-state index in [1.54, 1.807) is 0 Å². The molecule has 1 aliphatic carbocycles. The highest BCUT2D eigenvalue weighted by molar-refractivity contribution is 5.67. The molecule has 1 fully saturated rings. The molecule has 2 nitrogen and oxygen atoms in total. The monoisotopic (exact) mass is 212 g/mol. The first-order valence-corrected chi connectivity index (χ1v) is 5.88. The third-order valence-electron chi connectivity index (χ3n) is 3.43. The lowest BCUT2D eigenvalue weighted by Gasteiger charge is -2.03. The Morgan fingerprint density at radius 2 is 1.94 bits per heavy atom. The van der Waals surface area contributed by atoms with Gasteiger partial charge in [0.1, 0.15) is 0 Å². The first-order valence-electron chi connectivity index (χ1n) is 5.88. The maximum atomic E-state index is 4.48. The van der Waals surface area contributed by atoms with Gasteiger partial charge in [-0.3, -0.25) is 5.10 Å². The summed E-state index contributed by atoms with van der Waals surface area (Å²) in [6.07, 6.45) is 2.63. The zero-order valence-electron chi connectivity index (χ0n) is 9.75. The first kappa shape index (κ1) is 9.64. The molecule has 1 saturated carbocycles. The molecule has 0 unspecified atom stereocenters. The van der Waals surface area contributed by atoms with E-state index in [9.17, 15) is 0 Å². The van der Waals surface area contributed by atoms with Crippen LogP contribution in [0.2, 0.25) is 0 Å². The van der Waals surface area contributed by atoms with Crippen LogP contribution >= 0.6 is 0 Å². The summed E-state index contributed by atoms with van der Waals surface area (Å²) in [5, 5.41) is 7.69. The van der Waals surface area contributed by atoms with Gasteiger partial charge in [-0.2, -0.15) is 5.10 Å². The number of aromatic amines is 1. The summed E-state index contributed by atoms with van der Waals surface area (Å²) >= 11 is 0. The molecule has 0 atom stereocenters. The van der Waals surface area contributed by atoms with E-state index in [2.05, 4.69) is 48.3 Å². The van der Waals surface area contributed by atoms with Crippen LogP contribution in [0.15, 0.2) is 24.3 Å². The largest absolute Gasteiger partial charge is 0.281 e. The SMILES string of the molecule is Cc1ccccc1-c1n[nH]c(C2CC2)c1C. The second-order valence-electron chi connectivity index (χ2n) is 4.70. The quantitative estimate of drug-likeness (QED) is 0.810. The Morgan fingerprint density at radius 1 is 1.19 bits per heavy atom. The van der Waals surface area contributed by atoms with Crippen molar-refractivity contribution in [3.63, 3.8) is 0 Å². The molecule has 0 aliphatic heterocycles. The molecule has 16 heavy (non-hydrogen) atoms. The molecular weight excluding hydrogens is 196 g/mol. The molecule has 82 valence electrons. The highest BCUT2D eigenvalue weighted by Crippen LogP contribution is 2.42. The number of benzene rings is 1. The molecule has 2 aromatic rings. The lowest BCUT2D eigenvalue weighted by atomic mass is 10.0. The summed E-state index contributed by atoms with van der Waals surface area (Å²) in [6, 6.07) is 8.44. The van der Waals surface area contributed by atoms with Crippen molar-refractivity contribution in [2.45, 2.75) is 32.6 Å². The molecule has 1 aromatic heterocycles. The number of nitrogens with one attached hydrogen (secondary N) is 1. The number of hydrogen-bond acceptors (Lipinski definition) is 1. The molecule has 1 aromatic carbocycles. The summed E-state index contributed by atoms with van der Waals surface area (Å²) in [4.78, 5) is 0. The fraction of sp³-hybridized carbons (Fsp3) is 0.357. The standard InChI is InChI=1S/C14H16N2/c1-9-5-3-4-6-12(9)14-10(2)13(15-16-14)11-7-8-11/h3-6,11H,7-8H2,1-2H3,(H,15,16). The van der Waals surface area contributed by atoms with Crippen LogP contribution in [0.1, 0.15) is 35.6 Å². The van der Waals surface area contributed by atoms with Crippen LogP contribution in [0.5, 0.6) is 0 Å². The van der Waals surface area contributed by atoms with Gasteiger partial charge in [0.25, 0.3) is 0 Å². The lowest BCUT2D eigenvalue weighted by molar-refractivity contribution is 0.960. The Morgan fingerprint density at radius 3 is 2.62 bits per heavy atom. The molecule has 0 amide bonds. The Hall–Kier alpha value is -1.57. The molecule has 0 saturated heterocycles. The van der Waals surface area contributed by atoms with Gasteiger partial charge in [0.05, 0.1) is 5.69 Å². The zero-order valence-corrected chi connectivity index (χ0v) is 9.75. The minimum atomic E-state index is 0.741. The van der Waals surface area contributed by atoms with Gasteiger partial charge in [0, 0.05) is 17.2 Å². The van der Waals surface area contributed by atoms with Crippen molar-refractivity contribution < 1.29 is 0 Å². The Bertz CT molecular complexity index is 521. The predicted octanol–water partition coefficient (Wildman–Crippen LogP) is 3.57. The molecular formula is C14H16N2. The van der Waals surface area contributed by atoms with Gasteiger partial charge in [-0.1, -0.05) is 24.3 Å². The van der Waals surface area contributed by atoms with Crippen molar-refractivity contribution in [3.05, 3.63) is 41.1 Å². The fourth-order valence-corrected chi connectivity index (χ4v) is 2.28. The van der Waals surface area contributed by atoms with Crippen molar-refractivity contribution in [3.8, 4) is 11.3 Å². The van der Waals surface area contributed by atoms with Crippen molar-refractivity contribution in [1.82, 2.24) is 10.2 Å². The van der Waals surface area contributed by atoms with E-state index in [0.717, 1.165) is 11.6 Å². The van der Waals surface area contributed by atoms with E-state index < -0.39 is 0 Å². The molecule has 2 heteroatoms. The van der Waals surface area contributed by atoms with Crippen molar-refractivity contribution >= 4 is 0 Å².